The summed E-state index contributed by atoms with van der Waals surface area (Å²) < 4.78 is 13.2. The van der Waals surface area contributed by atoms with Gasteiger partial charge in [0.25, 0.3) is 5.91 Å². The Labute approximate surface area is 206 Å². The van der Waals surface area contributed by atoms with E-state index < -0.39 is 0 Å². The number of benzene rings is 2. The van der Waals surface area contributed by atoms with Gasteiger partial charge < -0.3 is 14.8 Å². The Morgan fingerprint density at radius 1 is 1.22 bits per heavy atom. The van der Waals surface area contributed by atoms with Crippen LogP contribution in [-0.2, 0) is 11.4 Å². The molecule has 0 heterocycles. The molecule has 7 heteroatoms. The average molecular weight is 562 g/mol. The Bertz CT molecular complexity index is 1030. The maximum atomic E-state index is 12.7. The minimum absolute atomic E-state index is 0.0697. The molecule has 2 atom stereocenters. The predicted octanol–water partition coefficient (Wildman–Crippen LogP) is 6.40. The fourth-order valence-electron chi connectivity index (χ4n) is 3.79. The first-order valence-corrected chi connectivity index (χ1v) is 12.2. The van der Waals surface area contributed by atoms with Gasteiger partial charge in [0.1, 0.15) is 18.2 Å². The maximum Gasteiger partial charge on any atom is 0.262 e. The van der Waals surface area contributed by atoms with E-state index in [1.165, 1.54) is 6.42 Å². The quantitative estimate of drug-likeness (QED) is 0.313. The van der Waals surface area contributed by atoms with E-state index in [1.54, 1.807) is 19.3 Å². The lowest BCUT2D eigenvalue weighted by Gasteiger charge is -2.29. The van der Waals surface area contributed by atoms with Crippen molar-refractivity contribution in [3.8, 4) is 17.6 Å². The van der Waals surface area contributed by atoms with Crippen LogP contribution < -0.4 is 14.8 Å². The smallest absolute Gasteiger partial charge is 0.262 e. The maximum absolute atomic E-state index is 12.7. The van der Waals surface area contributed by atoms with Crippen LogP contribution in [0.1, 0.15) is 43.7 Å². The number of hydrogen-bond donors (Lipinski definition) is 1. The number of ether oxygens (including phenoxy) is 2. The van der Waals surface area contributed by atoms with E-state index in [0.717, 1.165) is 29.3 Å². The number of rotatable bonds is 7. The van der Waals surface area contributed by atoms with Gasteiger partial charge in [0.15, 0.2) is 11.5 Å². The lowest BCUT2D eigenvalue weighted by atomic mass is 9.86. The molecule has 0 aliphatic heterocycles. The molecule has 1 aliphatic rings. The second kappa shape index (κ2) is 11.5. The summed E-state index contributed by atoms with van der Waals surface area (Å²) in [6, 6.07) is 13.6. The van der Waals surface area contributed by atoms with Crippen LogP contribution in [0.4, 0.5) is 0 Å². The molecule has 3 rings (SSSR count). The zero-order chi connectivity index (χ0) is 23.1. The summed E-state index contributed by atoms with van der Waals surface area (Å²) in [6.07, 6.45) is 5.93. The summed E-state index contributed by atoms with van der Waals surface area (Å²) in [6.45, 7) is 2.53. The minimum Gasteiger partial charge on any atom is -0.493 e. The van der Waals surface area contributed by atoms with Gasteiger partial charge in [-0.2, -0.15) is 5.26 Å². The molecule has 1 amide bonds. The number of hydrogen-bond acceptors (Lipinski definition) is 4. The highest BCUT2D eigenvalue weighted by molar-refractivity contribution is 9.10. The van der Waals surface area contributed by atoms with Crippen LogP contribution in [0.15, 0.2) is 50.9 Å². The average Bonchev–Trinajstić information content (AvgIpc) is 2.79. The molecular formula is C25H26Br2N2O3. The normalized spacial score (nSPS) is 18.5. The summed E-state index contributed by atoms with van der Waals surface area (Å²) in [5, 5.41) is 12.6. The topological polar surface area (TPSA) is 71.3 Å². The van der Waals surface area contributed by atoms with Gasteiger partial charge in [0.2, 0.25) is 0 Å². The van der Waals surface area contributed by atoms with Crippen LogP contribution in [0, 0.1) is 17.2 Å². The van der Waals surface area contributed by atoms with Crippen molar-refractivity contribution in [2.24, 2.45) is 5.92 Å². The minimum atomic E-state index is -0.336. The van der Waals surface area contributed by atoms with Crippen molar-refractivity contribution >= 4 is 43.8 Å². The largest absolute Gasteiger partial charge is 0.493 e. The van der Waals surface area contributed by atoms with E-state index in [-0.39, 0.29) is 17.5 Å². The van der Waals surface area contributed by atoms with Crippen LogP contribution in [0.5, 0.6) is 11.5 Å². The van der Waals surface area contributed by atoms with E-state index in [2.05, 4.69) is 44.1 Å². The van der Waals surface area contributed by atoms with Crippen molar-refractivity contribution in [1.29, 1.82) is 5.26 Å². The summed E-state index contributed by atoms with van der Waals surface area (Å²) in [4.78, 5) is 12.7. The summed E-state index contributed by atoms with van der Waals surface area (Å²) >= 11 is 6.96. The molecule has 1 saturated carbocycles. The molecule has 1 N–H and O–H groups in total. The Kier molecular flexibility index (Phi) is 8.77. The standard InChI is InChI=1S/C25H26Br2N2O3/c1-16-5-3-4-6-22(16)29-25(30)19(14-28)11-18-12-21(27)24(23(13-18)31-2)32-15-17-7-9-20(26)10-8-17/h7-13,16,22H,3-6,15H2,1-2H3,(H,29,30)/b19-11+/t16-,22-/m0/s1. The highest BCUT2D eigenvalue weighted by Gasteiger charge is 2.24. The Morgan fingerprint density at radius 2 is 1.94 bits per heavy atom. The van der Waals surface area contributed by atoms with Crippen LogP contribution in [0.3, 0.4) is 0 Å². The molecule has 32 heavy (non-hydrogen) atoms. The Balaban J connectivity index is 1.77. The number of amides is 1. The third-order valence-electron chi connectivity index (χ3n) is 5.65. The van der Waals surface area contributed by atoms with Crippen LogP contribution in [0.2, 0.25) is 0 Å². The number of carbonyl (C=O) groups is 1. The van der Waals surface area contributed by atoms with Gasteiger partial charge in [-0.1, -0.05) is 47.8 Å². The monoisotopic (exact) mass is 560 g/mol. The number of nitriles is 1. The van der Waals surface area contributed by atoms with Crippen molar-refractivity contribution in [3.63, 3.8) is 0 Å². The van der Waals surface area contributed by atoms with Crippen molar-refractivity contribution in [1.82, 2.24) is 5.32 Å². The highest BCUT2D eigenvalue weighted by atomic mass is 79.9. The number of halogens is 2. The van der Waals surface area contributed by atoms with Crippen molar-refractivity contribution in [3.05, 3.63) is 62.0 Å². The van der Waals surface area contributed by atoms with E-state index in [4.69, 9.17) is 9.47 Å². The van der Waals surface area contributed by atoms with Gasteiger partial charge in [-0.15, -0.1) is 0 Å². The predicted molar refractivity (Wildman–Crippen MR) is 132 cm³/mol. The summed E-state index contributed by atoms with van der Waals surface area (Å²) in [7, 11) is 1.56. The second-order valence-corrected chi connectivity index (χ2v) is 9.73. The fourth-order valence-corrected chi connectivity index (χ4v) is 4.63. The molecule has 5 nitrogen and oxygen atoms in total. The zero-order valence-electron chi connectivity index (χ0n) is 18.2. The molecule has 2 aromatic rings. The van der Waals surface area contributed by atoms with Crippen molar-refractivity contribution in [2.45, 2.75) is 45.3 Å². The second-order valence-electron chi connectivity index (χ2n) is 7.96. The third-order valence-corrected chi connectivity index (χ3v) is 6.77. The first-order chi connectivity index (χ1) is 15.4. The van der Waals surface area contributed by atoms with Gasteiger partial charge >= 0.3 is 0 Å². The molecule has 0 radical (unpaired) electrons. The molecule has 0 saturated heterocycles. The van der Waals surface area contributed by atoms with Gasteiger partial charge in [0.05, 0.1) is 11.6 Å². The number of nitrogens with one attached hydrogen (secondary N) is 1. The zero-order valence-corrected chi connectivity index (χ0v) is 21.3. The first-order valence-electron chi connectivity index (χ1n) is 10.6. The molecule has 1 aliphatic carbocycles. The highest BCUT2D eigenvalue weighted by Crippen LogP contribution is 2.38. The number of methoxy groups -OCH3 is 1. The Morgan fingerprint density at radius 3 is 2.59 bits per heavy atom. The molecular weight excluding hydrogens is 536 g/mol. The van der Waals surface area contributed by atoms with E-state index in [9.17, 15) is 10.1 Å². The van der Waals surface area contributed by atoms with Crippen LogP contribution in [0.25, 0.3) is 6.08 Å². The molecule has 0 aromatic heterocycles. The molecule has 0 bridgehead atoms. The van der Waals surface area contributed by atoms with Gasteiger partial charge in [0, 0.05) is 10.5 Å². The van der Waals surface area contributed by atoms with Crippen molar-refractivity contribution in [2.75, 3.05) is 7.11 Å². The third kappa shape index (κ3) is 6.36. The number of carbonyl (C=O) groups excluding carboxylic acids is 1. The van der Waals surface area contributed by atoms with Crippen molar-refractivity contribution < 1.29 is 14.3 Å². The van der Waals surface area contributed by atoms with E-state index in [1.807, 2.05) is 36.4 Å². The molecule has 0 spiro atoms. The van der Waals surface area contributed by atoms with Gasteiger partial charge in [-0.25, -0.2) is 0 Å². The SMILES string of the molecule is COc1cc(/C=C(\C#N)C(=O)N[C@H]2CCCC[C@@H]2C)cc(Br)c1OCc1ccc(Br)cc1. The van der Waals surface area contributed by atoms with E-state index >= 15 is 0 Å². The van der Waals surface area contributed by atoms with Crippen LogP contribution >= 0.6 is 31.9 Å². The molecule has 0 unspecified atom stereocenters. The lowest BCUT2D eigenvalue weighted by molar-refractivity contribution is -0.118. The summed E-state index contributed by atoms with van der Waals surface area (Å²) in [5.74, 6) is 1.16. The lowest BCUT2D eigenvalue weighted by Crippen LogP contribution is -2.41. The Hall–Kier alpha value is -2.30. The first kappa shape index (κ1) is 24.3. The molecule has 1 fully saturated rings. The molecule has 168 valence electrons. The van der Waals surface area contributed by atoms with Gasteiger partial charge in [-0.3, -0.25) is 4.79 Å². The summed E-state index contributed by atoms with van der Waals surface area (Å²) in [5.41, 5.74) is 1.76. The van der Waals surface area contributed by atoms with Gasteiger partial charge in [-0.05, 0) is 76.2 Å². The van der Waals surface area contributed by atoms with Crippen LogP contribution in [-0.4, -0.2) is 19.1 Å². The number of nitrogens with zero attached hydrogens (tertiary/aromatic N) is 1. The molecule has 2 aromatic carbocycles. The fraction of sp³-hybridized carbons (Fsp3) is 0.360. The van der Waals surface area contributed by atoms with E-state index in [0.29, 0.717) is 34.1 Å².